The number of nitrogens with one attached hydrogen (secondary N) is 1. The van der Waals surface area contributed by atoms with Gasteiger partial charge in [-0.05, 0) is 57.1 Å². The molecule has 0 bridgehead atoms. The first-order valence-corrected chi connectivity index (χ1v) is 7.28. The topological polar surface area (TPSA) is 41.6 Å². The van der Waals surface area contributed by atoms with Crippen LogP contribution in [0.25, 0.3) is 0 Å². The van der Waals surface area contributed by atoms with Crippen molar-refractivity contribution in [1.82, 2.24) is 4.90 Å². The molecular weight excluding hydrogens is 276 g/mol. The van der Waals surface area contributed by atoms with Crippen molar-refractivity contribution in [1.29, 1.82) is 0 Å². The van der Waals surface area contributed by atoms with Crippen LogP contribution in [0.2, 0.25) is 5.02 Å². The van der Waals surface area contributed by atoms with E-state index >= 15 is 0 Å². The van der Waals surface area contributed by atoms with Crippen LogP contribution in [0, 0.1) is 5.92 Å². The van der Waals surface area contributed by atoms with E-state index in [2.05, 4.69) is 17.3 Å². The summed E-state index contributed by atoms with van der Waals surface area (Å²) in [5, 5.41) is 3.90. The number of ether oxygens (including phenoxy) is 1. The Balaban J connectivity index is 2.00. The summed E-state index contributed by atoms with van der Waals surface area (Å²) in [7, 11) is 3.53. The van der Waals surface area contributed by atoms with Gasteiger partial charge in [-0.15, -0.1) is 0 Å². The first-order valence-electron chi connectivity index (χ1n) is 6.90. The number of hydrogen-bond acceptors (Lipinski definition) is 4. The molecule has 0 unspecified atom stereocenters. The van der Waals surface area contributed by atoms with Crippen molar-refractivity contribution in [3.05, 3.63) is 28.8 Å². The van der Waals surface area contributed by atoms with Gasteiger partial charge in [0.1, 0.15) is 0 Å². The number of likely N-dealkylation sites (tertiary alicyclic amines) is 1. The molecule has 0 atom stereocenters. The molecule has 1 aromatic rings. The predicted octanol–water partition coefficient (Wildman–Crippen LogP) is 2.88. The predicted molar refractivity (Wildman–Crippen MR) is 81.5 cm³/mol. The molecular formula is C15H21ClN2O2. The number of rotatable bonds is 4. The largest absolute Gasteiger partial charge is 0.465 e. The van der Waals surface area contributed by atoms with Crippen LogP contribution in [-0.2, 0) is 4.74 Å². The van der Waals surface area contributed by atoms with E-state index in [1.54, 1.807) is 12.1 Å². The summed E-state index contributed by atoms with van der Waals surface area (Å²) >= 11 is 5.94. The van der Waals surface area contributed by atoms with Crippen LogP contribution in [-0.4, -0.2) is 44.7 Å². The zero-order chi connectivity index (χ0) is 14.5. The Morgan fingerprint density at radius 2 is 2.15 bits per heavy atom. The Morgan fingerprint density at radius 3 is 2.80 bits per heavy atom. The van der Waals surface area contributed by atoms with Crippen molar-refractivity contribution in [2.75, 3.05) is 39.1 Å². The molecule has 0 aromatic heterocycles. The SMILES string of the molecule is COC(=O)c1cc(Cl)ccc1NCC1CCN(C)CC1. The number of hydrogen-bond donors (Lipinski definition) is 1. The zero-order valence-corrected chi connectivity index (χ0v) is 12.7. The van der Waals surface area contributed by atoms with E-state index in [9.17, 15) is 4.79 Å². The number of carbonyl (C=O) groups excluding carboxylic acids is 1. The smallest absolute Gasteiger partial charge is 0.340 e. The molecule has 1 aliphatic rings. The number of piperidine rings is 1. The van der Waals surface area contributed by atoms with Gasteiger partial charge in [0.2, 0.25) is 0 Å². The number of benzene rings is 1. The summed E-state index contributed by atoms with van der Waals surface area (Å²) in [6, 6.07) is 5.26. The third kappa shape index (κ3) is 3.87. The van der Waals surface area contributed by atoms with E-state index in [0.29, 0.717) is 16.5 Å². The summed E-state index contributed by atoms with van der Waals surface area (Å²) < 4.78 is 4.79. The van der Waals surface area contributed by atoms with Gasteiger partial charge in [0, 0.05) is 17.3 Å². The molecule has 1 aromatic carbocycles. The van der Waals surface area contributed by atoms with Gasteiger partial charge < -0.3 is 15.0 Å². The fourth-order valence-corrected chi connectivity index (χ4v) is 2.64. The molecule has 2 rings (SSSR count). The minimum atomic E-state index is -0.363. The highest BCUT2D eigenvalue weighted by molar-refractivity contribution is 6.31. The van der Waals surface area contributed by atoms with Gasteiger partial charge in [0.15, 0.2) is 0 Å². The molecule has 1 saturated heterocycles. The van der Waals surface area contributed by atoms with Crippen LogP contribution in [0.1, 0.15) is 23.2 Å². The number of methoxy groups -OCH3 is 1. The molecule has 1 heterocycles. The quantitative estimate of drug-likeness (QED) is 0.868. The minimum absolute atomic E-state index is 0.363. The summed E-state index contributed by atoms with van der Waals surface area (Å²) in [5.41, 5.74) is 1.29. The highest BCUT2D eigenvalue weighted by Crippen LogP contribution is 2.23. The first kappa shape index (κ1) is 15.1. The van der Waals surface area contributed by atoms with Gasteiger partial charge in [0.05, 0.1) is 12.7 Å². The first-order chi connectivity index (χ1) is 9.60. The fourth-order valence-electron chi connectivity index (χ4n) is 2.47. The zero-order valence-electron chi connectivity index (χ0n) is 12.0. The van der Waals surface area contributed by atoms with E-state index < -0.39 is 0 Å². The lowest BCUT2D eigenvalue weighted by Crippen LogP contribution is -2.33. The van der Waals surface area contributed by atoms with Crippen molar-refractivity contribution in [2.24, 2.45) is 5.92 Å². The number of anilines is 1. The lowest BCUT2D eigenvalue weighted by Gasteiger charge is -2.29. The van der Waals surface area contributed by atoms with Crippen molar-refractivity contribution >= 4 is 23.3 Å². The van der Waals surface area contributed by atoms with Gasteiger partial charge in [0.25, 0.3) is 0 Å². The molecule has 0 amide bonds. The highest BCUT2D eigenvalue weighted by Gasteiger charge is 2.18. The van der Waals surface area contributed by atoms with Crippen LogP contribution in [0.15, 0.2) is 18.2 Å². The lowest BCUT2D eigenvalue weighted by molar-refractivity contribution is 0.0602. The summed E-state index contributed by atoms with van der Waals surface area (Å²) in [6.45, 7) is 3.15. The molecule has 110 valence electrons. The number of esters is 1. The van der Waals surface area contributed by atoms with Crippen LogP contribution in [0.5, 0.6) is 0 Å². The van der Waals surface area contributed by atoms with Crippen LogP contribution in [0.3, 0.4) is 0 Å². The second-order valence-corrected chi connectivity index (χ2v) is 5.75. The van der Waals surface area contributed by atoms with Gasteiger partial charge in [-0.2, -0.15) is 0 Å². The second-order valence-electron chi connectivity index (χ2n) is 5.31. The molecule has 1 fully saturated rings. The molecule has 0 radical (unpaired) electrons. The van der Waals surface area contributed by atoms with E-state index in [-0.39, 0.29) is 5.97 Å². The van der Waals surface area contributed by atoms with E-state index in [1.165, 1.54) is 20.0 Å². The van der Waals surface area contributed by atoms with E-state index in [4.69, 9.17) is 16.3 Å². The van der Waals surface area contributed by atoms with Gasteiger partial charge in [-0.1, -0.05) is 11.6 Å². The van der Waals surface area contributed by atoms with E-state index in [1.807, 2.05) is 6.07 Å². The van der Waals surface area contributed by atoms with Crippen molar-refractivity contribution in [3.8, 4) is 0 Å². The van der Waals surface area contributed by atoms with Crippen molar-refractivity contribution < 1.29 is 9.53 Å². The standard InChI is InChI=1S/C15H21ClN2O2/c1-18-7-5-11(6-8-18)10-17-14-4-3-12(16)9-13(14)15(19)20-2/h3-4,9,11,17H,5-8,10H2,1-2H3. The maximum atomic E-state index is 11.8. The average molecular weight is 297 g/mol. The Labute approximate surface area is 125 Å². The van der Waals surface area contributed by atoms with Crippen molar-refractivity contribution in [3.63, 3.8) is 0 Å². The average Bonchev–Trinajstić information content (AvgIpc) is 2.46. The second kappa shape index (κ2) is 6.95. The monoisotopic (exact) mass is 296 g/mol. The lowest BCUT2D eigenvalue weighted by atomic mass is 9.97. The Morgan fingerprint density at radius 1 is 1.45 bits per heavy atom. The number of halogens is 1. The summed E-state index contributed by atoms with van der Waals surface area (Å²) in [5.74, 6) is 0.283. The molecule has 0 aliphatic carbocycles. The van der Waals surface area contributed by atoms with E-state index in [0.717, 1.165) is 25.3 Å². The van der Waals surface area contributed by atoms with Crippen LogP contribution >= 0.6 is 11.6 Å². The van der Waals surface area contributed by atoms with Crippen molar-refractivity contribution in [2.45, 2.75) is 12.8 Å². The van der Waals surface area contributed by atoms with Gasteiger partial charge in [-0.3, -0.25) is 0 Å². The minimum Gasteiger partial charge on any atom is -0.465 e. The Bertz CT molecular complexity index is 471. The molecule has 1 N–H and O–H groups in total. The Hall–Kier alpha value is -1.26. The Kier molecular flexibility index (Phi) is 5.26. The van der Waals surface area contributed by atoms with Crippen LogP contribution in [0.4, 0.5) is 5.69 Å². The molecule has 0 saturated carbocycles. The summed E-state index contributed by atoms with van der Waals surface area (Å²) in [6.07, 6.45) is 2.37. The number of nitrogens with zero attached hydrogens (tertiary/aromatic N) is 1. The van der Waals surface area contributed by atoms with Crippen LogP contribution < -0.4 is 5.32 Å². The molecule has 1 aliphatic heterocycles. The fraction of sp³-hybridized carbons (Fsp3) is 0.533. The normalized spacial score (nSPS) is 16.9. The molecule has 0 spiro atoms. The molecule has 20 heavy (non-hydrogen) atoms. The van der Waals surface area contributed by atoms with Gasteiger partial charge in [-0.25, -0.2) is 4.79 Å². The van der Waals surface area contributed by atoms with Gasteiger partial charge >= 0.3 is 5.97 Å². The maximum absolute atomic E-state index is 11.8. The maximum Gasteiger partial charge on any atom is 0.340 e. The number of carbonyl (C=O) groups is 1. The summed E-state index contributed by atoms with van der Waals surface area (Å²) in [4.78, 5) is 14.1. The third-order valence-electron chi connectivity index (χ3n) is 3.81. The molecule has 4 nitrogen and oxygen atoms in total. The highest BCUT2D eigenvalue weighted by atomic mass is 35.5. The molecule has 5 heteroatoms. The third-order valence-corrected chi connectivity index (χ3v) is 4.04.